The fraction of sp³-hybridized carbons (Fsp3) is 0.294. The van der Waals surface area contributed by atoms with Crippen LogP contribution >= 0.6 is 0 Å². The van der Waals surface area contributed by atoms with Gasteiger partial charge in [0, 0.05) is 6.54 Å². The van der Waals surface area contributed by atoms with Crippen LogP contribution in [0.4, 0.5) is 0 Å². The van der Waals surface area contributed by atoms with Crippen LogP contribution in [0.1, 0.15) is 16.7 Å². The van der Waals surface area contributed by atoms with E-state index in [0.717, 1.165) is 6.42 Å². The molecule has 0 fully saturated rings. The first kappa shape index (κ1) is 14.7. The van der Waals surface area contributed by atoms with Crippen molar-refractivity contribution < 1.29 is 0 Å². The van der Waals surface area contributed by atoms with Crippen molar-refractivity contribution in [1.29, 1.82) is 0 Å². The van der Waals surface area contributed by atoms with E-state index in [2.05, 4.69) is 41.7 Å². The molecule has 1 unspecified atom stereocenters. The van der Waals surface area contributed by atoms with Crippen LogP contribution in [0, 0.1) is 0 Å². The Morgan fingerprint density at radius 3 is 2.00 bits per heavy atom. The Bertz CT molecular complexity index is 516. The van der Waals surface area contributed by atoms with Crippen molar-refractivity contribution >= 4 is 0 Å². The molecule has 0 heterocycles. The maximum Gasteiger partial charge on any atom is 0.0812 e. The molecular weight excluding hydrogens is 246 g/mol. The molecule has 3 nitrogen and oxygen atoms in total. The molecule has 5 N–H and O–H groups in total. The predicted molar refractivity (Wildman–Crippen MR) is 84.5 cm³/mol. The second-order valence-electron chi connectivity index (χ2n) is 4.96. The van der Waals surface area contributed by atoms with Crippen molar-refractivity contribution in [3.05, 3.63) is 71.3 Å². The van der Waals surface area contributed by atoms with Crippen LogP contribution in [0.15, 0.2) is 54.6 Å². The van der Waals surface area contributed by atoms with Crippen molar-refractivity contribution in [1.82, 2.24) is 5.32 Å². The van der Waals surface area contributed by atoms with Crippen LogP contribution in [0.5, 0.6) is 0 Å². The van der Waals surface area contributed by atoms with E-state index >= 15 is 0 Å². The van der Waals surface area contributed by atoms with E-state index in [4.69, 9.17) is 11.5 Å². The lowest BCUT2D eigenvalue weighted by molar-refractivity contribution is 0.449. The van der Waals surface area contributed by atoms with E-state index in [0.29, 0.717) is 13.1 Å². The zero-order chi connectivity index (χ0) is 14.4. The molecule has 2 aromatic carbocycles. The highest BCUT2D eigenvalue weighted by Gasteiger charge is 2.30. The fourth-order valence-electron chi connectivity index (χ4n) is 2.64. The van der Waals surface area contributed by atoms with Crippen LogP contribution in [-0.4, -0.2) is 20.1 Å². The average Bonchev–Trinajstić information content (AvgIpc) is 2.52. The van der Waals surface area contributed by atoms with Crippen molar-refractivity contribution in [2.75, 3.05) is 20.1 Å². The molecular formula is C17H23N3. The first-order valence-electron chi connectivity index (χ1n) is 7.01. The summed E-state index contributed by atoms with van der Waals surface area (Å²) in [6.45, 7) is 1.18. The van der Waals surface area contributed by atoms with Crippen LogP contribution < -0.4 is 16.8 Å². The van der Waals surface area contributed by atoms with Crippen molar-refractivity contribution in [2.45, 2.75) is 12.0 Å². The summed E-state index contributed by atoms with van der Waals surface area (Å²) < 4.78 is 0. The Kier molecular flexibility index (Phi) is 4.90. The SMILES string of the molecule is CNC(CN)(c1ccccc1)c1ccc(CCN)cc1. The minimum atomic E-state index is -0.345. The van der Waals surface area contributed by atoms with Crippen LogP contribution in [0.25, 0.3) is 0 Å². The van der Waals surface area contributed by atoms with E-state index in [9.17, 15) is 0 Å². The quantitative estimate of drug-likeness (QED) is 0.746. The summed E-state index contributed by atoms with van der Waals surface area (Å²) in [6.07, 6.45) is 0.904. The fourth-order valence-corrected chi connectivity index (χ4v) is 2.64. The summed E-state index contributed by atoms with van der Waals surface area (Å²) in [5.74, 6) is 0. The lowest BCUT2D eigenvalue weighted by Crippen LogP contribution is -2.47. The molecule has 2 rings (SSSR count). The first-order valence-corrected chi connectivity index (χ1v) is 7.01. The summed E-state index contributed by atoms with van der Waals surface area (Å²) in [5.41, 5.74) is 15.0. The van der Waals surface area contributed by atoms with Gasteiger partial charge in [0.25, 0.3) is 0 Å². The van der Waals surface area contributed by atoms with E-state index in [1.165, 1.54) is 16.7 Å². The third kappa shape index (κ3) is 2.75. The number of nitrogens with one attached hydrogen (secondary N) is 1. The summed E-state index contributed by atoms with van der Waals surface area (Å²) in [7, 11) is 1.95. The summed E-state index contributed by atoms with van der Waals surface area (Å²) in [5, 5.41) is 3.40. The van der Waals surface area contributed by atoms with Crippen molar-refractivity contribution in [3.63, 3.8) is 0 Å². The van der Waals surface area contributed by atoms with E-state index in [-0.39, 0.29) is 5.54 Å². The van der Waals surface area contributed by atoms with Crippen molar-refractivity contribution in [3.8, 4) is 0 Å². The highest BCUT2D eigenvalue weighted by atomic mass is 15.0. The van der Waals surface area contributed by atoms with Crippen LogP contribution in [-0.2, 0) is 12.0 Å². The largest absolute Gasteiger partial charge is 0.330 e. The highest BCUT2D eigenvalue weighted by Crippen LogP contribution is 2.28. The Labute approximate surface area is 121 Å². The highest BCUT2D eigenvalue weighted by molar-refractivity contribution is 5.40. The van der Waals surface area contributed by atoms with Gasteiger partial charge < -0.3 is 16.8 Å². The monoisotopic (exact) mass is 269 g/mol. The maximum atomic E-state index is 6.10. The minimum absolute atomic E-state index is 0.345. The molecule has 2 aromatic rings. The van der Waals surface area contributed by atoms with Gasteiger partial charge in [-0.05, 0) is 36.7 Å². The summed E-state index contributed by atoms with van der Waals surface area (Å²) in [4.78, 5) is 0. The second-order valence-corrected chi connectivity index (χ2v) is 4.96. The van der Waals surface area contributed by atoms with Crippen molar-refractivity contribution in [2.24, 2.45) is 11.5 Å². The molecule has 0 aliphatic rings. The number of rotatable bonds is 6. The standard InChI is InChI=1S/C17H23N3/c1-20-17(13-19,15-5-3-2-4-6-15)16-9-7-14(8-10-16)11-12-18/h2-10,20H,11-13,18-19H2,1H3. The lowest BCUT2D eigenvalue weighted by atomic mass is 9.82. The number of likely N-dealkylation sites (N-methyl/N-ethyl adjacent to an activating group) is 1. The smallest absolute Gasteiger partial charge is 0.0812 e. The molecule has 0 saturated heterocycles. The lowest BCUT2D eigenvalue weighted by Gasteiger charge is -2.33. The Morgan fingerprint density at radius 2 is 1.50 bits per heavy atom. The third-order valence-corrected chi connectivity index (χ3v) is 3.88. The molecule has 0 radical (unpaired) electrons. The number of benzene rings is 2. The Hall–Kier alpha value is -1.68. The summed E-state index contributed by atoms with van der Waals surface area (Å²) in [6, 6.07) is 18.9. The molecule has 3 heteroatoms. The summed E-state index contributed by atoms with van der Waals surface area (Å²) >= 11 is 0. The van der Waals surface area contributed by atoms with Gasteiger partial charge in [-0.1, -0.05) is 54.6 Å². The van der Waals surface area contributed by atoms with Gasteiger partial charge in [-0.15, -0.1) is 0 Å². The molecule has 0 amide bonds. The van der Waals surface area contributed by atoms with Crippen LogP contribution in [0.2, 0.25) is 0 Å². The third-order valence-electron chi connectivity index (χ3n) is 3.88. The molecule has 0 saturated carbocycles. The first-order chi connectivity index (χ1) is 9.76. The van der Waals surface area contributed by atoms with Gasteiger partial charge in [0.1, 0.15) is 0 Å². The van der Waals surface area contributed by atoms with Gasteiger partial charge in [-0.25, -0.2) is 0 Å². The zero-order valence-electron chi connectivity index (χ0n) is 12.0. The number of nitrogens with two attached hydrogens (primary N) is 2. The van der Waals surface area contributed by atoms with Gasteiger partial charge in [-0.3, -0.25) is 0 Å². The molecule has 0 spiro atoms. The molecule has 106 valence electrons. The van der Waals surface area contributed by atoms with Gasteiger partial charge in [0.05, 0.1) is 5.54 Å². The van der Waals surface area contributed by atoms with Gasteiger partial charge in [0.2, 0.25) is 0 Å². The van der Waals surface area contributed by atoms with Gasteiger partial charge in [0.15, 0.2) is 0 Å². The zero-order valence-corrected chi connectivity index (χ0v) is 12.0. The Balaban J connectivity index is 2.42. The Morgan fingerprint density at radius 1 is 0.900 bits per heavy atom. The topological polar surface area (TPSA) is 64.1 Å². The number of hydrogen-bond donors (Lipinski definition) is 3. The average molecular weight is 269 g/mol. The molecule has 1 atom stereocenters. The maximum absolute atomic E-state index is 6.10. The minimum Gasteiger partial charge on any atom is -0.330 e. The van der Waals surface area contributed by atoms with E-state index < -0.39 is 0 Å². The molecule has 0 bridgehead atoms. The molecule has 0 aromatic heterocycles. The molecule has 20 heavy (non-hydrogen) atoms. The van der Waals surface area contributed by atoms with Crippen LogP contribution in [0.3, 0.4) is 0 Å². The molecule has 0 aliphatic carbocycles. The number of hydrogen-bond acceptors (Lipinski definition) is 3. The molecule has 0 aliphatic heterocycles. The van der Waals surface area contributed by atoms with Gasteiger partial charge >= 0.3 is 0 Å². The second kappa shape index (κ2) is 6.66. The van der Waals surface area contributed by atoms with E-state index in [1.54, 1.807) is 0 Å². The van der Waals surface area contributed by atoms with Gasteiger partial charge in [-0.2, -0.15) is 0 Å². The predicted octanol–water partition coefficient (Wildman–Crippen LogP) is 1.61. The normalized spacial score (nSPS) is 13.9. The van der Waals surface area contributed by atoms with E-state index in [1.807, 2.05) is 25.2 Å².